The summed E-state index contributed by atoms with van der Waals surface area (Å²) in [5.74, 6) is -0.691. The molecule has 0 atom stereocenters. The van der Waals surface area contributed by atoms with E-state index in [9.17, 15) is 8.42 Å². The van der Waals surface area contributed by atoms with E-state index >= 15 is 0 Å². The van der Waals surface area contributed by atoms with Gasteiger partial charge in [0.05, 0.1) is 24.6 Å². The molecule has 7 nitrogen and oxygen atoms in total. The molecule has 1 aromatic rings. The van der Waals surface area contributed by atoms with Gasteiger partial charge in [-0.3, -0.25) is 5.10 Å². The normalized spacial score (nSPS) is 18.9. The van der Waals surface area contributed by atoms with E-state index in [1.807, 2.05) is 6.92 Å². The number of ether oxygens (including phenoxy) is 2. The highest BCUT2D eigenvalue weighted by molar-refractivity contribution is 7.89. The SMILES string of the molecule is Cc1n[nH]c(C)c1S(=O)(=O)NCCC1(C)OCCO1. The van der Waals surface area contributed by atoms with Gasteiger partial charge in [0.1, 0.15) is 4.90 Å². The lowest BCUT2D eigenvalue weighted by molar-refractivity contribution is -0.145. The molecule has 0 aromatic carbocycles. The molecule has 2 heterocycles. The van der Waals surface area contributed by atoms with Crippen LogP contribution in [0.1, 0.15) is 24.7 Å². The van der Waals surface area contributed by atoms with Gasteiger partial charge in [-0.05, 0) is 20.8 Å². The van der Waals surface area contributed by atoms with Crippen molar-refractivity contribution in [2.75, 3.05) is 19.8 Å². The van der Waals surface area contributed by atoms with Gasteiger partial charge in [-0.2, -0.15) is 5.10 Å². The Morgan fingerprint density at radius 3 is 2.53 bits per heavy atom. The number of sulfonamides is 1. The highest BCUT2D eigenvalue weighted by Gasteiger charge is 2.31. The molecule has 1 aliphatic heterocycles. The molecule has 1 fully saturated rings. The standard InChI is InChI=1S/C11H19N3O4S/c1-8-10(9(2)14-13-8)19(15,16)12-5-4-11(3)17-6-7-18-11/h12H,4-7H2,1-3H3,(H,13,14). The summed E-state index contributed by atoms with van der Waals surface area (Å²) in [6, 6.07) is 0. The van der Waals surface area contributed by atoms with Crippen molar-refractivity contribution in [3.05, 3.63) is 11.4 Å². The summed E-state index contributed by atoms with van der Waals surface area (Å²) < 4.78 is 37.7. The van der Waals surface area contributed by atoms with Gasteiger partial charge in [0.25, 0.3) is 0 Å². The number of hydrogen-bond donors (Lipinski definition) is 2. The van der Waals surface area contributed by atoms with Gasteiger partial charge >= 0.3 is 0 Å². The molecule has 19 heavy (non-hydrogen) atoms. The third kappa shape index (κ3) is 3.14. The van der Waals surface area contributed by atoms with Crippen LogP contribution in [0.3, 0.4) is 0 Å². The zero-order valence-electron chi connectivity index (χ0n) is 11.3. The summed E-state index contributed by atoms with van der Waals surface area (Å²) in [5, 5.41) is 6.55. The molecular weight excluding hydrogens is 270 g/mol. The van der Waals surface area contributed by atoms with Crippen molar-refractivity contribution in [2.45, 2.75) is 37.9 Å². The second-order valence-electron chi connectivity index (χ2n) is 4.74. The van der Waals surface area contributed by atoms with Gasteiger partial charge < -0.3 is 9.47 Å². The number of H-pyrrole nitrogens is 1. The average molecular weight is 289 g/mol. The van der Waals surface area contributed by atoms with E-state index in [2.05, 4.69) is 14.9 Å². The van der Waals surface area contributed by atoms with E-state index in [-0.39, 0.29) is 11.4 Å². The zero-order chi connectivity index (χ0) is 14.1. The Morgan fingerprint density at radius 1 is 1.37 bits per heavy atom. The van der Waals surface area contributed by atoms with Crippen molar-refractivity contribution in [1.82, 2.24) is 14.9 Å². The molecule has 2 N–H and O–H groups in total. The van der Waals surface area contributed by atoms with Crippen LogP contribution in [0.5, 0.6) is 0 Å². The van der Waals surface area contributed by atoms with Gasteiger partial charge in [0.2, 0.25) is 10.0 Å². The topological polar surface area (TPSA) is 93.3 Å². The molecule has 0 bridgehead atoms. The van der Waals surface area contributed by atoms with Gasteiger partial charge in [-0.25, -0.2) is 13.1 Å². The van der Waals surface area contributed by atoms with Gasteiger partial charge in [-0.15, -0.1) is 0 Å². The first kappa shape index (κ1) is 14.4. The predicted molar refractivity (Wildman–Crippen MR) is 68.2 cm³/mol. The minimum atomic E-state index is -3.55. The van der Waals surface area contributed by atoms with Crippen molar-refractivity contribution < 1.29 is 17.9 Å². The van der Waals surface area contributed by atoms with Gasteiger partial charge in [-0.1, -0.05) is 0 Å². The fourth-order valence-electron chi connectivity index (χ4n) is 2.12. The Bertz CT molecular complexity index is 527. The van der Waals surface area contributed by atoms with Crippen molar-refractivity contribution >= 4 is 10.0 Å². The van der Waals surface area contributed by atoms with E-state index in [1.54, 1.807) is 13.8 Å². The number of hydrogen-bond acceptors (Lipinski definition) is 5. The molecule has 1 aromatic heterocycles. The first-order valence-electron chi connectivity index (χ1n) is 6.13. The smallest absolute Gasteiger partial charge is 0.244 e. The largest absolute Gasteiger partial charge is 0.348 e. The molecule has 8 heteroatoms. The highest BCUT2D eigenvalue weighted by atomic mass is 32.2. The summed E-state index contributed by atoms with van der Waals surface area (Å²) in [6.07, 6.45) is 0.460. The quantitative estimate of drug-likeness (QED) is 0.821. The van der Waals surface area contributed by atoms with Crippen molar-refractivity contribution in [1.29, 1.82) is 0 Å². The van der Waals surface area contributed by atoms with Crippen molar-refractivity contribution in [3.63, 3.8) is 0 Å². The highest BCUT2D eigenvalue weighted by Crippen LogP contribution is 2.22. The van der Waals surface area contributed by atoms with Crippen LogP contribution in [-0.2, 0) is 19.5 Å². The summed E-state index contributed by atoms with van der Waals surface area (Å²) >= 11 is 0. The molecule has 1 aliphatic rings. The van der Waals surface area contributed by atoms with Crippen LogP contribution in [0.15, 0.2) is 4.90 Å². The molecule has 0 unspecified atom stereocenters. The number of aromatic amines is 1. The lowest BCUT2D eigenvalue weighted by atomic mass is 10.2. The molecule has 0 amide bonds. The fraction of sp³-hybridized carbons (Fsp3) is 0.727. The molecule has 2 rings (SSSR count). The lowest BCUT2D eigenvalue weighted by Crippen LogP contribution is -2.33. The van der Waals surface area contributed by atoms with Crippen LogP contribution in [0, 0.1) is 13.8 Å². The van der Waals surface area contributed by atoms with Crippen LogP contribution in [0.2, 0.25) is 0 Å². The Hall–Kier alpha value is -0.960. The molecule has 0 aliphatic carbocycles. The van der Waals surface area contributed by atoms with Crippen molar-refractivity contribution in [2.24, 2.45) is 0 Å². The molecule has 0 saturated carbocycles. The maximum absolute atomic E-state index is 12.2. The summed E-state index contributed by atoms with van der Waals surface area (Å²) in [7, 11) is -3.55. The second-order valence-corrected chi connectivity index (χ2v) is 6.45. The van der Waals surface area contributed by atoms with Crippen LogP contribution >= 0.6 is 0 Å². The number of rotatable bonds is 5. The summed E-state index contributed by atoms with van der Waals surface area (Å²) in [5.41, 5.74) is 0.995. The summed E-state index contributed by atoms with van der Waals surface area (Å²) in [4.78, 5) is 0.214. The average Bonchev–Trinajstić information content (AvgIpc) is 2.86. The predicted octanol–water partition coefficient (Wildman–Crippen LogP) is 0.458. The van der Waals surface area contributed by atoms with E-state index in [0.29, 0.717) is 31.0 Å². The third-order valence-electron chi connectivity index (χ3n) is 3.10. The Balaban J connectivity index is 1.99. The number of aromatic nitrogens is 2. The molecule has 0 spiro atoms. The lowest BCUT2D eigenvalue weighted by Gasteiger charge is -2.22. The monoisotopic (exact) mass is 289 g/mol. The number of aryl methyl sites for hydroxylation is 2. The van der Waals surface area contributed by atoms with E-state index in [1.165, 1.54) is 0 Å². The number of nitrogens with zero attached hydrogens (tertiary/aromatic N) is 1. The third-order valence-corrected chi connectivity index (χ3v) is 4.82. The minimum absolute atomic E-state index is 0.214. The number of nitrogens with one attached hydrogen (secondary N) is 2. The minimum Gasteiger partial charge on any atom is -0.348 e. The molecule has 108 valence electrons. The van der Waals surface area contributed by atoms with Gasteiger partial charge in [0, 0.05) is 13.0 Å². The van der Waals surface area contributed by atoms with E-state index in [0.717, 1.165) is 0 Å². The van der Waals surface area contributed by atoms with Crippen molar-refractivity contribution in [3.8, 4) is 0 Å². The molecule has 0 radical (unpaired) electrons. The Kier molecular flexibility index (Phi) is 3.95. The van der Waals surface area contributed by atoms with Gasteiger partial charge in [0.15, 0.2) is 5.79 Å². The molecular formula is C11H19N3O4S. The first-order valence-corrected chi connectivity index (χ1v) is 7.61. The van der Waals surface area contributed by atoms with Crippen LogP contribution in [0.4, 0.5) is 0 Å². The Labute approximate surface area is 112 Å². The first-order chi connectivity index (χ1) is 8.84. The second kappa shape index (κ2) is 5.20. The summed E-state index contributed by atoms with van der Waals surface area (Å²) in [6.45, 7) is 6.49. The Morgan fingerprint density at radius 2 is 2.00 bits per heavy atom. The maximum atomic E-state index is 12.2. The fourth-order valence-corrected chi connectivity index (χ4v) is 3.52. The van der Waals surface area contributed by atoms with E-state index in [4.69, 9.17) is 9.47 Å². The van der Waals surface area contributed by atoms with Crippen LogP contribution < -0.4 is 4.72 Å². The van der Waals surface area contributed by atoms with E-state index < -0.39 is 15.8 Å². The van der Waals surface area contributed by atoms with Crippen LogP contribution in [0.25, 0.3) is 0 Å². The van der Waals surface area contributed by atoms with Crippen LogP contribution in [-0.4, -0.2) is 44.2 Å². The zero-order valence-corrected chi connectivity index (χ0v) is 12.1. The maximum Gasteiger partial charge on any atom is 0.244 e. The molecule has 1 saturated heterocycles.